The summed E-state index contributed by atoms with van der Waals surface area (Å²) < 4.78 is 18.3. The van der Waals surface area contributed by atoms with E-state index < -0.39 is 0 Å². The quantitative estimate of drug-likeness (QED) is 0.547. The van der Waals surface area contributed by atoms with Gasteiger partial charge in [-0.15, -0.1) is 10.2 Å². The molecule has 8 nitrogen and oxygen atoms in total. The number of carbonyl (C=O) groups excluding carboxylic acids is 1. The van der Waals surface area contributed by atoms with Gasteiger partial charge in [-0.05, 0) is 38.1 Å². The second kappa shape index (κ2) is 9.32. The van der Waals surface area contributed by atoms with Gasteiger partial charge in [0.15, 0.2) is 28.2 Å². The average molecular weight is 402 g/mol. The number of hydrogen-bond donors (Lipinski definition) is 1. The topological polar surface area (TPSA) is 91.4 Å². The highest BCUT2D eigenvalue weighted by molar-refractivity contribution is 7.99. The van der Waals surface area contributed by atoms with Gasteiger partial charge in [0.05, 0.1) is 25.2 Å². The molecule has 3 rings (SSSR count). The average Bonchev–Trinajstić information content (AvgIpc) is 3.32. The minimum Gasteiger partial charge on any atom is -0.490 e. The van der Waals surface area contributed by atoms with Crippen LogP contribution in [0.25, 0.3) is 11.6 Å². The summed E-state index contributed by atoms with van der Waals surface area (Å²) in [5, 5.41) is 11.7. The number of rotatable bonds is 9. The van der Waals surface area contributed by atoms with Crippen LogP contribution in [0.1, 0.15) is 13.8 Å². The third kappa shape index (κ3) is 4.66. The van der Waals surface area contributed by atoms with Crippen molar-refractivity contribution < 1.29 is 18.7 Å². The van der Waals surface area contributed by atoms with Crippen LogP contribution in [0.5, 0.6) is 11.5 Å². The molecule has 148 valence electrons. The van der Waals surface area contributed by atoms with Crippen molar-refractivity contribution in [3.05, 3.63) is 36.6 Å². The Morgan fingerprint density at radius 3 is 2.68 bits per heavy atom. The van der Waals surface area contributed by atoms with Gasteiger partial charge in [0.25, 0.3) is 0 Å². The minimum absolute atomic E-state index is 0.154. The lowest BCUT2D eigenvalue weighted by Crippen LogP contribution is -2.14. The molecule has 0 fully saturated rings. The molecule has 3 aromatic rings. The summed E-state index contributed by atoms with van der Waals surface area (Å²) in [6.07, 6.45) is 1.58. The van der Waals surface area contributed by atoms with Gasteiger partial charge < -0.3 is 23.8 Å². The van der Waals surface area contributed by atoms with Crippen molar-refractivity contribution in [3.8, 4) is 23.1 Å². The highest BCUT2D eigenvalue weighted by atomic mass is 32.2. The van der Waals surface area contributed by atoms with E-state index in [0.29, 0.717) is 47.1 Å². The smallest absolute Gasteiger partial charge is 0.234 e. The van der Waals surface area contributed by atoms with Crippen molar-refractivity contribution >= 4 is 23.4 Å². The van der Waals surface area contributed by atoms with Crippen LogP contribution in [0.2, 0.25) is 0 Å². The van der Waals surface area contributed by atoms with Gasteiger partial charge in [0, 0.05) is 18.8 Å². The molecule has 1 N–H and O–H groups in total. The van der Waals surface area contributed by atoms with Crippen molar-refractivity contribution in [2.75, 3.05) is 24.3 Å². The Bertz CT molecular complexity index is 924. The van der Waals surface area contributed by atoms with Crippen molar-refractivity contribution in [2.45, 2.75) is 19.0 Å². The van der Waals surface area contributed by atoms with Gasteiger partial charge in [-0.25, -0.2) is 0 Å². The van der Waals surface area contributed by atoms with E-state index in [9.17, 15) is 4.79 Å². The van der Waals surface area contributed by atoms with Crippen LogP contribution in [-0.2, 0) is 11.8 Å². The molecule has 0 unspecified atom stereocenters. The molecule has 0 radical (unpaired) electrons. The minimum atomic E-state index is -0.154. The summed E-state index contributed by atoms with van der Waals surface area (Å²) in [4.78, 5) is 12.3. The number of ether oxygens (including phenoxy) is 2. The first kappa shape index (κ1) is 19.8. The number of anilines is 1. The van der Waals surface area contributed by atoms with Gasteiger partial charge in [0.2, 0.25) is 5.91 Å². The Morgan fingerprint density at radius 1 is 1.18 bits per heavy atom. The Kier molecular flexibility index (Phi) is 6.59. The Balaban J connectivity index is 1.61. The number of furan rings is 1. The number of nitrogens with one attached hydrogen (secondary N) is 1. The molecule has 0 saturated carbocycles. The van der Waals surface area contributed by atoms with E-state index in [2.05, 4.69) is 15.5 Å². The number of hydrogen-bond acceptors (Lipinski definition) is 7. The zero-order chi connectivity index (χ0) is 19.9. The van der Waals surface area contributed by atoms with Gasteiger partial charge >= 0.3 is 0 Å². The molecule has 0 bridgehead atoms. The first-order valence-electron chi connectivity index (χ1n) is 8.88. The van der Waals surface area contributed by atoms with Crippen molar-refractivity contribution in [1.29, 1.82) is 0 Å². The van der Waals surface area contributed by atoms with E-state index in [0.717, 1.165) is 0 Å². The van der Waals surface area contributed by atoms with E-state index >= 15 is 0 Å². The Hall–Kier alpha value is -2.94. The number of thioether (sulfide) groups is 1. The maximum absolute atomic E-state index is 12.3. The lowest BCUT2D eigenvalue weighted by Gasteiger charge is -2.13. The third-order valence-corrected chi connectivity index (χ3v) is 4.76. The van der Waals surface area contributed by atoms with E-state index in [4.69, 9.17) is 13.9 Å². The molecular weight excluding hydrogens is 380 g/mol. The van der Waals surface area contributed by atoms with Crippen molar-refractivity contribution in [2.24, 2.45) is 7.05 Å². The van der Waals surface area contributed by atoms with E-state index in [1.165, 1.54) is 11.8 Å². The van der Waals surface area contributed by atoms with Crippen LogP contribution < -0.4 is 14.8 Å². The van der Waals surface area contributed by atoms with Gasteiger partial charge in [-0.3, -0.25) is 4.79 Å². The zero-order valence-electron chi connectivity index (χ0n) is 16.0. The van der Waals surface area contributed by atoms with Crippen LogP contribution in [0.4, 0.5) is 5.69 Å². The third-order valence-electron chi connectivity index (χ3n) is 3.74. The number of nitrogens with zero attached hydrogens (tertiary/aromatic N) is 3. The van der Waals surface area contributed by atoms with Gasteiger partial charge in [-0.2, -0.15) is 0 Å². The summed E-state index contributed by atoms with van der Waals surface area (Å²) in [5.74, 6) is 2.54. The fourth-order valence-electron chi connectivity index (χ4n) is 2.52. The lowest BCUT2D eigenvalue weighted by atomic mass is 10.2. The molecule has 0 saturated heterocycles. The van der Waals surface area contributed by atoms with Crippen molar-refractivity contribution in [1.82, 2.24) is 14.8 Å². The van der Waals surface area contributed by atoms with Crippen LogP contribution in [0.3, 0.4) is 0 Å². The fraction of sp³-hybridized carbons (Fsp3) is 0.316. The molecule has 28 heavy (non-hydrogen) atoms. The van der Waals surface area contributed by atoms with E-state index in [-0.39, 0.29) is 11.7 Å². The monoisotopic (exact) mass is 402 g/mol. The summed E-state index contributed by atoms with van der Waals surface area (Å²) >= 11 is 1.30. The number of amides is 1. The van der Waals surface area contributed by atoms with E-state index in [1.807, 2.05) is 27.0 Å². The molecule has 0 aliphatic carbocycles. The van der Waals surface area contributed by atoms with Gasteiger partial charge in [0.1, 0.15) is 0 Å². The maximum atomic E-state index is 12.3. The molecule has 0 aliphatic rings. The predicted octanol–water partition coefficient (Wildman–Crippen LogP) is 3.60. The molecule has 1 amide bonds. The highest BCUT2D eigenvalue weighted by Crippen LogP contribution is 2.31. The van der Waals surface area contributed by atoms with Crippen LogP contribution in [-0.4, -0.2) is 39.6 Å². The Morgan fingerprint density at radius 2 is 1.96 bits per heavy atom. The lowest BCUT2D eigenvalue weighted by molar-refractivity contribution is -0.113. The largest absolute Gasteiger partial charge is 0.490 e. The zero-order valence-corrected chi connectivity index (χ0v) is 16.8. The van der Waals surface area contributed by atoms with Crippen LogP contribution in [0, 0.1) is 0 Å². The molecule has 0 aliphatic heterocycles. The summed E-state index contributed by atoms with van der Waals surface area (Å²) in [6, 6.07) is 8.93. The molecule has 0 atom stereocenters. The molecular formula is C19H22N4O4S. The molecule has 2 heterocycles. The van der Waals surface area contributed by atoms with Crippen molar-refractivity contribution in [3.63, 3.8) is 0 Å². The predicted molar refractivity (Wildman–Crippen MR) is 107 cm³/mol. The Labute approximate surface area is 167 Å². The van der Waals surface area contributed by atoms with E-state index in [1.54, 1.807) is 35.1 Å². The maximum Gasteiger partial charge on any atom is 0.234 e. The van der Waals surface area contributed by atoms with Crippen LogP contribution >= 0.6 is 11.8 Å². The molecule has 2 aromatic heterocycles. The standard InChI is InChI=1S/C19H22N4O4S/c1-4-25-14-9-8-13(11-16(14)26-5-2)20-17(24)12-28-19-22-21-18(23(19)3)15-7-6-10-27-15/h6-11H,4-5,12H2,1-3H3,(H,20,24). The normalized spacial score (nSPS) is 10.7. The summed E-state index contributed by atoms with van der Waals surface area (Å²) in [7, 11) is 1.83. The second-order valence-corrected chi connectivity index (χ2v) is 6.65. The van der Waals surface area contributed by atoms with Crippen LogP contribution in [0.15, 0.2) is 46.2 Å². The number of benzene rings is 1. The molecule has 1 aromatic carbocycles. The first-order valence-corrected chi connectivity index (χ1v) is 9.86. The fourth-order valence-corrected chi connectivity index (χ4v) is 3.23. The number of aromatic nitrogens is 3. The second-order valence-electron chi connectivity index (χ2n) is 5.71. The van der Waals surface area contributed by atoms with Gasteiger partial charge in [-0.1, -0.05) is 11.8 Å². The summed E-state index contributed by atoms with van der Waals surface area (Å²) in [6.45, 7) is 4.86. The SMILES string of the molecule is CCOc1ccc(NC(=O)CSc2nnc(-c3ccco3)n2C)cc1OCC. The molecule has 0 spiro atoms. The summed E-state index contributed by atoms with van der Waals surface area (Å²) in [5.41, 5.74) is 0.645. The number of carbonyl (C=O) groups is 1. The first-order chi connectivity index (χ1) is 13.6. The highest BCUT2D eigenvalue weighted by Gasteiger charge is 2.15. The molecule has 9 heteroatoms.